The third kappa shape index (κ3) is 3.47. The van der Waals surface area contributed by atoms with Gasteiger partial charge in [0.05, 0.1) is 15.6 Å². The molecule has 6 heteroatoms. The van der Waals surface area contributed by atoms with E-state index in [0.29, 0.717) is 18.7 Å². The summed E-state index contributed by atoms with van der Waals surface area (Å²) in [5.41, 5.74) is 0.453. The zero-order valence-corrected chi connectivity index (χ0v) is 20.0. The Balaban J connectivity index is 1.77. The number of phenolic OH excluding ortho intramolecular Hbond substituents is 1. The summed E-state index contributed by atoms with van der Waals surface area (Å²) in [4.78, 5) is 0. The number of aromatic hydroxyl groups is 1. The number of phenols is 1. The van der Waals surface area contributed by atoms with Gasteiger partial charge in [0.25, 0.3) is 0 Å². The van der Waals surface area contributed by atoms with E-state index in [9.17, 15) is 10.2 Å². The van der Waals surface area contributed by atoms with E-state index < -0.39 is 17.2 Å². The van der Waals surface area contributed by atoms with Crippen LogP contribution in [-0.4, -0.2) is 27.9 Å². The first-order chi connectivity index (χ1) is 14.1. The van der Waals surface area contributed by atoms with Crippen LogP contribution in [0, 0.1) is 23.2 Å². The van der Waals surface area contributed by atoms with Crippen LogP contribution in [0.15, 0.2) is 6.07 Å². The van der Waals surface area contributed by atoms with Gasteiger partial charge in [0.1, 0.15) is 6.17 Å². The molecule has 168 valence electrons. The standard InChI is InChI=1S/C24H32Cl3FO2/c1-23-12-18(28)20-14-11-17(26)22(29)21(27)15(14)10-13(6-4-3-5-9-25)19(20)16(23)7-8-24(23,2)30/h11,13,16,18-20,29-30H,3-10,12H2,1-2H3/t13?,16?,18-,19-,20?,23-,24+/m0/s1. The molecule has 1 aromatic carbocycles. The van der Waals surface area contributed by atoms with Crippen molar-refractivity contribution in [3.05, 3.63) is 27.2 Å². The second-order valence-electron chi connectivity index (χ2n) is 10.3. The Bertz CT molecular complexity index is 814. The molecule has 2 saturated carbocycles. The first-order valence-corrected chi connectivity index (χ1v) is 12.5. The second-order valence-corrected chi connectivity index (χ2v) is 11.4. The molecule has 0 radical (unpaired) electrons. The van der Waals surface area contributed by atoms with Gasteiger partial charge in [0.2, 0.25) is 0 Å². The fraction of sp³-hybridized carbons (Fsp3) is 0.750. The van der Waals surface area contributed by atoms with Gasteiger partial charge in [-0.25, -0.2) is 4.39 Å². The number of unbranched alkanes of at least 4 members (excludes halogenated alkanes) is 2. The SMILES string of the molecule is C[C@]12C[C@H](F)C3c4cc(Cl)c(O)c(Cl)c4CC(CCCCCCl)[C@H]3C1CC[C@@]2(C)O. The van der Waals surface area contributed by atoms with Crippen LogP contribution in [0.4, 0.5) is 4.39 Å². The number of halogens is 4. The summed E-state index contributed by atoms with van der Waals surface area (Å²) in [7, 11) is 0. The number of hydrogen-bond acceptors (Lipinski definition) is 2. The maximum Gasteiger partial charge on any atom is 0.153 e. The van der Waals surface area contributed by atoms with E-state index in [-0.39, 0.29) is 39.5 Å². The first-order valence-electron chi connectivity index (χ1n) is 11.2. The molecule has 2 nitrogen and oxygen atoms in total. The van der Waals surface area contributed by atoms with Crippen LogP contribution < -0.4 is 0 Å². The van der Waals surface area contributed by atoms with E-state index in [2.05, 4.69) is 6.92 Å². The lowest BCUT2D eigenvalue weighted by Gasteiger charge is -2.56. The van der Waals surface area contributed by atoms with Gasteiger partial charge in [-0.1, -0.05) is 43.0 Å². The Hall–Kier alpha value is -0.220. The molecule has 7 atom stereocenters. The molecule has 2 N–H and O–H groups in total. The number of hydrogen-bond donors (Lipinski definition) is 2. The minimum Gasteiger partial charge on any atom is -0.505 e. The molecule has 0 spiro atoms. The third-order valence-electron chi connectivity index (χ3n) is 8.79. The van der Waals surface area contributed by atoms with E-state index in [1.165, 1.54) is 0 Å². The molecule has 0 amide bonds. The number of fused-ring (bicyclic) bond motifs is 5. The molecular formula is C24H32Cl3FO2. The quantitative estimate of drug-likeness (QED) is 0.345. The molecule has 3 aliphatic carbocycles. The Morgan fingerprint density at radius 2 is 1.93 bits per heavy atom. The molecule has 0 aliphatic heterocycles. The van der Waals surface area contributed by atoms with Gasteiger partial charge in [-0.15, -0.1) is 11.6 Å². The highest BCUT2D eigenvalue weighted by Gasteiger charge is 2.63. The summed E-state index contributed by atoms with van der Waals surface area (Å²) in [6.07, 6.45) is 5.71. The summed E-state index contributed by atoms with van der Waals surface area (Å²) in [5.74, 6) is 0.960. The van der Waals surface area contributed by atoms with Crippen molar-refractivity contribution < 1.29 is 14.6 Å². The highest BCUT2D eigenvalue weighted by atomic mass is 35.5. The lowest BCUT2D eigenvalue weighted by molar-refractivity contribution is -0.120. The fourth-order valence-electron chi connectivity index (χ4n) is 7.02. The average Bonchev–Trinajstić information content (AvgIpc) is 2.92. The zero-order valence-electron chi connectivity index (χ0n) is 17.7. The molecule has 0 bridgehead atoms. The topological polar surface area (TPSA) is 40.5 Å². The normalized spacial score (nSPS) is 40.0. The van der Waals surface area contributed by atoms with Crippen LogP contribution in [-0.2, 0) is 6.42 Å². The molecular weight excluding hydrogens is 446 g/mol. The Labute approximate surface area is 194 Å². The lowest BCUT2D eigenvalue weighted by Crippen LogP contribution is -2.55. The highest BCUT2D eigenvalue weighted by molar-refractivity contribution is 6.37. The van der Waals surface area contributed by atoms with E-state index in [4.69, 9.17) is 34.8 Å². The van der Waals surface area contributed by atoms with Gasteiger partial charge < -0.3 is 10.2 Å². The van der Waals surface area contributed by atoms with Gasteiger partial charge in [-0.05, 0) is 80.4 Å². The lowest BCUT2D eigenvalue weighted by atomic mass is 9.50. The average molecular weight is 478 g/mol. The van der Waals surface area contributed by atoms with E-state index in [0.717, 1.165) is 49.7 Å². The Morgan fingerprint density at radius 1 is 1.20 bits per heavy atom. The van der Waals surface area contributed by atoms with E-state index in [1.807, 2.05) is 6.92 Å². The largest absolute Gasteiger partial charge is 0.505 e. The smallest absolute Gasteiger partial charge is 0.153 e. The van der Waals surface area contributed by atoms with Gasteiger partial charge >= 0.3 is 0 Å². The molecule has 0 saturated heterocycles. The second kappa shape index (κ2) is 8.28. The van der Waals surface area contributed by atoms with Gasteiger partial charge in [-0.2, -0.15) is 0 Å². The molecule has 0 aromatic heterocycles. The zero-order chi connectivity index (χ0) is 21.8. The van der Waals surface area contributed by atoms with Crippen molar-refractivity contribution in [2.45, 2.75) is 82.9 Å². The highest BCUT2D eigenvalue weighted by Crippen LogP contribution is 2.66. The van der Waals surface area contributed by atoms with Crippen molar-refractivity contribution in [1.29, 1.82) is 0 Å². The van der Waals surface area contributed by atoms with Crippen LogP contribution in [0.3, 0.4) is 0 Å². The first kappa shape index (κ1) is 23.0. The predicted molar refractivity (Wildman–Crippen MR) is 122 cm³/mol. The molecule has 3 unspecified atom stereocenters. The minimum atomic E-state index is -1.07. The summed E-state index contributed by atoms with van der Waals surface area (Å²) in [5, 5.41) is 21.9. The van der Waals surface area contributed by atoms with Crippen molar-refractivity contribution in [3.63, 3.8) is 0 Å². The van der Waals surface area contributed by atoms with Gasteiger partial charge in [0.15, 0.2) is 5.75 Å². The van der Waals surface area contributed by atoms with Crippen molar-refractivity contribution in [2.75, 3.05) is 5.88 Å². The van der Waals surface area contributed by atoms with Crippen molar-refractivity contribution in [1.82, 2.24) is 0 Å². The van der Waals surface area contributed by atoms with E-state index in [1.54, 1.807) is 6.07 Å². The molecule has 2 fully saturated rings. The van der Waals surface area contributed by atoms with Gasteiger partial charge in [0, 0.05) is 17.2 Å². The number of benzene rings is 1. The van der Waals surface area contributed by atoms with Crippen molar-refractivity contribution in [3.8, 4) is 5.75 Å². The third-order valence-corrected chi connectivity index (χ3v) is 9.75. The summed E-state index contributed by atoms with van der Waals surface area (Å²) < 4.78 is 15.9. The summed E-state index contributed by atoms with van der Waals surface area (Å²) in [6, 6.07) is 1.74. The van der Waals surface area contributed by atoms with Crippen LogP contribution in [0.5, 0.6) is 5.75 Å². The predicted octanol–water partition coefficient (Wildman–Crippen LogP) is 7.28. The van der Waals surface area contributed by atoms with Crippen LogP contribution in [0.1, 0.15) is 75.8 Å². The maximum atomic E-state index is 15.9. The molecule has 30 heavy (non-hydrogen) atoms. The summed E-state index contributed by atoms with van der Waals surface area (Å²) in [6.45, 7) is 3.97. The van der Waals surface area contributed by atoms with E-state index >= 15 is 4.39 Å². The number of alkyl halides is 2. The molecule has 3 aliphatic rings. The monoisotopic (exact) mass is 476 g/mol. The molecule has 0 heterocycles. The van der Waals surface area contributed by atoms with Crippen LogP contribution in [0.25, 0.3) is 0 Å². The van der Waals surface area contributed by atoms with Crippen molar-refractivity contribution >= 4 is 34.8 Å². The number of rotatable bonds is 5. The van der Waals surface area contributed by atoms with Gasteiger partial charge in [-0.3, -0.25) is 0 Å². The summed E-state index contributed by atoms with van der Waals surface area (Å²) >= 11 is 18.6. The Morgan fingerprint density at radius 3 is 2.63 bits per heavy atom. The maximum absolute atomic E-state index is 15.9. The van der Waals surface area contributed by atoms with Crippen LogP contribution >= 0.6 is 34.8 Å². The van der Waals surface area contributed by atoms with Crippen molar-refractivity contribution in [2.24, 2.45) is 23.2 Å². The Kier molecular flexibility index (Phi) is 6.34. The molecule has 1 aromatic rings. The van der Waals surface area contributed by atoms with Crippen LogP contribution in [0.2, 0.25) is 10.0 Å². The minimum absolute atomic E-state index is 0.101. The number of aliphatic hydroxyl groups is 1. The fourth-order valence-corrected chi connectivity index (χ4v) is 7.76. The molecule has 4 rings (SSSR count).